The Morgan fingerprint density at radius 2 is 2.04 bits per heavy atom. The van der Waals surface area contributed by atoms with Gasteiger partial charge in [0, 0.05) is 11.5 Å². The number of benzene rings is 2. The van der Waals surface area contributed by atoms with Crippen molar-refractivity contribution >= 4 is 38.6 Å². The topological polar surface area (TPSA) is 78.3 Å². The molecule has 2 aromatic carbocycles. The molecule has 0 aliphatic rings. The van der Waals surface area contributed by atoms with Gasteiger partial charge in [0.1, 0.15) is 22.8 Å². The van der Waals surface area contributed by atoms with Crippen LogP contribution in [-0.4, -0.2) is 11.5 Å². The number of para-hydroxylation sites is 2. The first-order valence-electron chi connectivity index (χ1n) is 9.03. The van der Waals surface area contributed by atoms with E-state index in [2.05, 4.69) is 17.6 Å². The van der Waals surface area contributed by atoms with E-state index in [0.29, 0.717) is 16.9 Å². The number of aromatic nitrogens is 2. The Bertz CT molecular complexity index is 1520. The standard InChI is InChI=1S/C22H17N4O2/c1-3-25-17-6-4-5-7-18(17)26-21(24)16(12-23)20-15(22(25)26)10-13-8-9-14(27-2)11-19(13)28-20/h4-11,24H,3H2,1-2H3/q+1. The number of rotatable bonds is 2. The van der Waals surface area contributed by atoms with E-state index in [0.717, 1.165) is 34.0 Å². The van der Waals surface area contributed by atoms with Crippen LogP contribution in [0.15, 0.2) is 52.9 Å². The van der Waals surface area contributed by atoms with Crippen LogP contribution in [0.25, 0.3) is 38.6 Å². The van der Waals surface area contributed by atoms with E-state index < -0.39 is 0 Å². The second kappa shape index (κ2) is 5.83. The van der Waals surface area contributed by atoms with Crippen LogP contribution in [0.1, 0.15) is 12.5 Å². The Labute approximate surface area is 159 Å². The van der Waals surface area contributed by atoms with Crippen LogP contribution in [0.5, 0.6) is 5.75 Å². The van der Waals surface area contributed by atoms with Gasteiger partial charge in [0.25, 0.3) is 5.65 Å². The SMILES string of the molecule is CC[n+]1c2ccccc2n2c(=N)c(C#N)c3oc4cc(OC)ccc4cc3c21. The summed E-state index contributed by atoms with van der Waals surface area (Å²) < 4.78 is 15.4. The molecule has 0 atom stereocenters. The highest BCUT2D eigenvalue weighted by Crippen LogP contribution is 2.30. The Morgan fingerprint density at radius 1 is 1.21 bits per heavy atom. The zero-order valence-corrected chi connectivity index (χ0v) is 15.5. The third-order valence-corrected chi connectivity index (χ3v) is 5.21. The average molecular weight is 369 g/mol. The predicted molar refractivity (Wildman–Crippen MR) is 105 cm³/mol. The number of methoxy groups -OCH3 is 1. The Morgan fingerprint density at radius 3 is 2.79 bits per heavy atom. The van der Waals surface area contributed by atoms with Gasteiger partial charge in [-0.3, -0.25) is 5.41 Å². The summed E-state index contributed by atoms with van der Waals surface area (Å²) >= 11 is 0. The normalized spacial score (nSPS) is 11.5. The maximum absolute atomic E-state index is 9.81. The maximum Gasteiger partial charge on any atom is 0.300 e. The first-order chi connectivity index (χ1) is 13.7. The summed E-state index contributed by atoms with van der Waals surface area (Å²) in [5, 5.41) is 20.2. The summed E-state index contributed by atoms with van der Waals surface area (Å²) in [4.78, 5) is 0. The van der Waals surface area contributed by atoms with Crippen molar-refractivity contribution in [2.24, 2.45) is 0 Å². The minimum atomic E-state index is 0.124. The molecule has 6 nitrogen and oxygen atoms in total. The third kappa shape index (κ3) is 2.01. The fraction of sp³-hybridized carbons (Fsp3) is 0.136. The van der Waals surface area contributed by atoms with Crippen molar-refractivity contribution in [1.82, 2.24) is 4.40 Å². The molecule has 0 unspecified atom stereocenters. The molecular formula is C22H17N4O2+. The van der Waals surface area contributed by atoms with Gasteiger partial charge in [0.2, 0.25) is 5.49 Å². The lowest BCUT2D eigenvalue weighted by Crippen LogP contribution is -2.33. The summed E-state index contributed by atoms with van der Waals surface area (Å²) in [6.07, 6.45) is 0. The second-order valence-corrected chi connectivity index (χ2v) is 6.62. The van der Waals surface area contributed by atoms with Gasteiger partial charge < -0.3 is 9.15 Å². The van der Waals surface area contributed by atoms with Crippen LogP contribution < -0.4 is 14.8 Å². The van der Waals surface area contributed by atoms with E-state index in [1.165, 1.54) is 0 Å². The second-order valence-electron chi connectivity index (χ2n) is 6.62. The number of hydrogen-bond acceptors (Lipinski definition) is 4. The fourth-order valence-corrected chi connectivity index (χ4v) is 3.95. The maximum atomic E-state index is 9.81. The number of pyridine rings is 1. The van der Waals surface area contributed by atoms with Crippen molar-refractivity contribution in [2.75, 3.05) is 7.11 Å². The van der Waals surface area contributed by atoms with Gasteiger partial charge in [-0.05, 0) is 37.3 Å². The van der Waals surface area contributed by atoms with Gasteiger partial charge in [0.15, 0.2) is 22.2 Å². The van der Waals surface area contributed by atoms with Gasteiger partial charge in [-0.25, -0.2) is 4.57 Å². The van der Waals surface area contributed by atoms with Crippen molar-refractivity contribution < 1.29 is 13.7 Å². The molecule has 0 fully saturated rings. The Balaban J connectivity index is 2.11. The quantitative estimate of drug-likeness (QED) is 0.381. The summed E-state index contributed by atoms with van der Waals surface area (Å²) in [6, 6.07) is 17.8. The number of hydrogen-bond donors (Lipinski definition) is 1. The molecule has 5 aromatic rings. The molecule has 136 valence electrons. The van der Waals surface area contributed by atoms with E-state index in [9.17, 15) is 5.26 Å². The van der Waals surface area contributed by atoms with E-state index >= 15 is 0 Å². The number of ether oxygens (including phenoxy) is 1. The molecule has 0 radical (unpaired) electrons. The molecule has 3 aromatic heterocycles. The molecule has 3 heterocycles. The number of imidazole rings is 1. The summed E-state index contributed by atoms with van der Waals surface area (Å²) in [5.41, 5.74) is 4.15. The van der Waals surface area contributed by atoms with E-state index in [1.54, 1.807) is 13.2 Å². The third-order valence-electron chi connectivity index (χ3n) is 5.21. The van der Waals surface area contributed by atoms with E-state index in [1.807, 2.05) is 46.9 Å². The molecule has 5 rings (SSSR count). The minimum Gasteiger partial charge on any atom is -0.497 e. The number of nitrogens with one attached hydrogen (secondary N) is 1. The largest absolute Gasteiger partial charge is 0.497 e. The molecule has 0 aliphatic carbocycles. The van der Waals surface area contributed by atoms with Crippen LogP contribution in [0.2, 0.25) is 0 Å². The summed E-state index contributed by atoms with van der Waals surface area (Å²) in [6.45, 7) is 2.81. The molecule has 0 amide bonds. The highest BCUT2D eigenvalue weighted by atomic mass is 16.5. The number of nitriles is 1. The molecule has 0 spiro atoms. The van der Waals surface area contributed by atoms with Gasteiger partial charge in [-0.2, -0.15) is 9.66 Å². The monoisotopic (exact) mass is 369 g/mol. The number of nitrogens with zero attached hydrogens (tertiary/aromatic N) is 3. The van der Waals surface area contributed by atoms with Crippen LogP contribution in [0.3, 0.4) is 0 Å². The highest BCUT2D eigenvalue weighted by molar-refractivity contribution is 6.00. The van der Waals surface area contributed by atoms with Crippen molar-refractivity contribution in [1.29, 1.82) is 10.7 Å². The zero-order chi connectivity index (χ0) is 19.4. The molecule has 0 saturated carbocycles. The van der Waals surface area contributed by atoms with Crippen LogP contribution in [-0.2, 0) is 6.54 Å². The molecule has 0 saturated heterocycles. The van der Waals surface area contributed by atoms with Gasteiger partial charge in [-0.15, -0.1) is 0 Å². The fourth-order valence-electron chi connectivity index (χ4n) is 3.95. The zero-order valence-electron chi connectivity index (χ0n) is 15.5. The molecular weight excluding hydrogens is 352 g/mol. The first kappa shape index (κ1) is 16.3. The van der Waals surface area contributed by atoms with Gasteiger partial charge >= 0.3 is 0 Å². The van der Waals surface area contributed by atoms with Gasteiger partial charge in [0.05, 0.1) is 13.7 Å². The van der Waals surface area contributed by atoms with Crippen molar-refractivity contribution in [3.63, 3.8) is 0 Å². The lowest BCUT2D eigenvalue weighted by molar-refractivity contribution is -0.641. The number of fused-ring (bicyclic) bond motifs is 6. The van der Waals surface area contributed by atoms with Crippen molar-refractivity contribution in [3.8, 4) is 11.8 Å². The minimum absolute atomic E-state index is 0.124. The molecule has 6 heteroatoms. The van der Waals surface area contributed by atoms with Crippen molar-refractivity contribution in [2.45, 2.75) is 13.5 Å². The molecule has 0 bridgehead atoms. The van der Waals surface area contributed by atoms with Crippen LogP contribution in [0.4, 0.5) is 0 Å². The highest BCUT2D eigenvalue weighted by Gasteiger charge is 2.26. The summed E-state index contributed by atoms with van der Waals surface area (Å²) in [7, 11) is 1.60. The average Bonchev–Trinajstić information content (AvgIpc) is 3.07. The predicted octanol–water partition coefficient (Wildman–Crippen LogP) is 3.66. The molecule has 1 N–H and O–H groups in total. The smallest absolute Gasteiger partial charge is 0.300 e. The lowest BCUT2D eigenvalue weighted by atomic mass is 10.1. The lowest BCUT2D eigenvalue weighted by Gasteiger charge is -2.06. The number of aryl methyl sites for hydroxylation is 1. The molecule has 28 heavy (non-hydrogen) atoms. The van der Waals surface area contributed by atoms with Crippen molar-refractivity contribution in [3.05, 3.63) is 59.6 Å². The van der Waals surface area contributed by atoms with Crippen LogP contribution >= 0.6 is 0 Å². The van der Waals surface area contributed by atoms with E-state index in [4.69, 9.17) is 14.6 Å². The molecule has 0 aliphatic heterocycles. The Hall–Kier alpha value is -3.85. The van der Waals surface area contributed by atoms with Crippen LogP contribution in [0, 0.1) is 16.7 Å². The summed E-state index contributed by atoms with van der Waals surface area (Å²) in [5.74, 6) is 0.679. The van der Waals surface area contributed by atoms with E-state index in [-0.39, 0.29) is 11.1 Å². The first-order valence-corrected chi connectivity index (χ1v) is 9.03. The van der Waals surface area contributed by atoms with Gasteiger partial charge in [-0.1, -0.05) is 12.1 Å². The Kier molecular flexibility index (Phi) is 3.40.